The van der Waals surface area contributed by atoms with Gasteiger partial charge in [-0.05, 0) is 41.5 Å². The highest BCUT2D eigenvalue weighted by Crippen LogP contribution is 2.24. The molecule has 1 aliphatic heterocycles. The van der Waals surface area contributed by atoms with Gasteiger partial charge in [-0.25, -0.2) is 0 Å². The molecule has 2 aromatic carbocycles. The Balaban J connectivity index is 1.90. The fourth-order valence-electron chi connectivity index (χ4n) is 2.15. The zero-order valence-corrected chi connectivity index (χ0v) is 9.88. The number of nitrogens with zero attached hydrogens (tertiary/aromatic N) is 2. The van der Waals surface area contributed by atoms with Gasteiger partial charge in [0, 0.05) is 18.4 Å². The third-order valence-electron chi connectivity index (χ3n) is 3.16. The van der Waals surface area contributed by atoms with E-state index in [2.05, 4.69) is 47.5 Å². The van der Waals surface area contributed by atoms with E-state index in [0.717, 1.165) is 12.2 Å². The lowest BCUT2D eigenvalue weighted by Crippen LogP contribution is -2.18. The van der Waals surface area contributed by atoms with Gasteiger partial charge in [0.2, 0.25) is 0 Å². The van der Waals surface area contributed by atoms with E-state index in [0.29, 0.717) is 5.56 Å². The molecule has 2 nitrogen and oxygen atoms in total. The molecule has 3 rings (SSSR count). The van der Waals surface area contributed by atoms with Crippen LogP contribution in [0.15, 0.2) is 54.7 Å². The van der Waals surface area contributed by atoms with E-state index in [-0.39, 0.29) is 0 Å². The summed E-state index contributed by atoms with van der Waals surface area (Å²) in [5.74, 6) is 0. The largest absolute Gasteiger partial charge is 0.344 e. The van der Waals surface area contributed by atoms with E-state index in [1.807, 2.05) is 24.3 Å². The topological polar surface area (TPSA) is 27.0 Å². The SMILES string of the molecule is N#Cc1ccc(N2C=Cc3ccccc3C2)cc1. The molecular formula is C16H12N2. The zero-order valence-electron chi connectivity index (χ0n) is 9.88. The molecule has 18 heavy (non-hydrogen) atoms. The molecule has 0 fully saturated rings. The molecular weight excluding hydrogens is 220 g/mol. The monoisotopic (exact) mass is 232 g/mol. The first kappa shape index (κ1) is 10.6. The van der Waals surface area contributed by atoms with Crippen LogP contribution in [0.4, 0.5) is 5.69 Å². The molecule has 0 atom stereocenters. The van der Waals surface area contributed by atoms with Crippen molar-refractivity contribution in [2.75, 3.05) is 4.90 Å². The van der Waals surface area contributed by atoms with Crippen molar-refractivity contribution in [1.82, 2.24) is 0 Å². The summed E-state index contributed by atoms with van der Waals surface area (Å²) in [5, 5.41) is 8.79. The minimum absolute atomic E-state index is 0.695. The molecule has 1 aliphatic rings. The third-order valence-corrected chi connectivity index (χ3v) is 3.16. The van der Waals surface area contributed by atoms with Crippen LogP contribution in [0.3, 0.4) is 0 Å². The number of benzene rings is 2. The maximum absolute atomic E-state index is 8.79. The Bertz CT molecular complexity index is 633. The molecule has 0 saturated carbocycles. The highest BCUT2D eigenvalue weighted by molar-refractivity contribution is 5.64. The summed E-state index contributed by atoms with van der Waals surface area (Å²) in [4.78, 5) is 2.18. The Hall–Kier alpha value is -2.53. The van der Waals surface area contributed by atoms with Crippen LogP contribution in [0, 0.1) is 11.3 Å². The molecule has 0 amide bonds. The van der Waals surface area contributed by atoms with Gasteiger partial charge in [-0.3, -0.25) is 0 Å². The maximum Gasteiger partial charge on any atom is 0.0991 e. The van der Waals surface area contributed by atoms with Gasteiger partial charge in [-0.2, -0.15) is 5.26 Å². The van der Waals surface area contributed by atoms with E-state index in [1.54, 1.807) is 0 Å². The Morgan fingerprint density at radius 1 is 1.00 bits per heavy atom. The minimum atomic E-state index is 0.695. The van der Waals surface area contributed by atoms with Gasteiger partial charge in [-0.1, -0.05) is 24.3 Å². The molecule has 0 saturated heterocycles. The van der Waals surface area contributed by atoms with Crippen molar-refractivity contribution >= 4 is 11.8 Å². The Kier molecular flexibility index (Phi) is 2.59. The fourth-order valence-corrected chi connectivity index (χ4v) is 2.15. The smallest absolute Gasteiger partial charge is 0.0991 e. The van der Waals surface area contributed by atoms with Crippen molar-refractivity contribution in [3.8, 4) is 6.07 Å². The van der Waals surface area contributed by atoms with Crippen LogP contribution in [0.5, 0.6) is 0 Å². The molecule has 0 aliphatic carbocycles. The molecule has 0 spiro atoms. The van der Waals surface area contributed by atoms with Gasteiger partial charge in [0.05, 0.1) is 11.6 Å². The summed E-state index contributed by atoms with van der Waals surface area (Å²) >= 11 is 0. The van der Waals surface area contributed by atoms with Gasteiger partial charge >= 0.3 is 0 Å². The van der Waals surface area contributed by atoms with Gasteiger partial charge in [0.25, 0.3) is 0 Å². The summed E-state index contributed by atoms with van der Waals surface area (Å²) < 4.78 is 0. The van der Waals surface area contributed by atoms with E-state index >= 15 is 0 Å². The number of nitriles is 1. The van der Waals surface area contributed by atoms with Gasteiger partial charge in [0.15, 0.2) is 0 Å². The lowest BCUT2D eigenvalue weighted by molar-refractivity contribution is 0.954. The summed E-state index contributed by atoms with van der Waals surface area (Å²) in [6.45, 7) is 0.874. The first-order chi connectivity index (χ1) is 8.86. The highest BCUT2D eigenvalue weighted by Gasteiger charge is 2.11. The summed E-state index contributed by atoms with van der Waals surface area (Å²) in [6, 6.07) is 18.2. The van der Waals surface area contributed by atoms with E-state index in [4.69, 9.17) is 5.26 Å². The Labute approximate surface area is 106 Å². The number of rotatable bonds is 1. The third kappa shape index (κ3) is 1.87. The molecule has 0 bridgehead atoms. The summed E-state index contributed by atoms with van der Waals surface area (Å²) in [5.41, 5.74) is 4.41. The minimum Gasteiger partial charge on any atom is -0.344 e. The summed E-state index contributed by atoms with van der Waals surface area (Å²) in [7, 11) is 0. The normalized spacial score (nSPS) is 12.9. The van der Waals surface area contributed by atoms with Gasteiger partial charge in [0.1, 0.15) is 0 Å². The van der Waals surface area contributed by atoms with Crippen LogP contribution in [0.25, 0.3) is 6.08 Å². The molecule has 2 heteroatoms. The van der Waals surface area contributed by atoms with Crippen LogP contribution < -0.4 is 4.90 Å². The molecule has 0 unspecified atom stereocenters. The van der Waals surface area contributed by atoms with Crippen LogP contribution in [-0.4, -0.2) is 0 Å². The lowest BCUT2D eigenvalue weighted by Gasteiger charge is -2.25. The average Bonchev–Trinajstić information content (AvgIpc) is 2.47. The number of anilines is 1. The Morgan fingerprint density at radius 2 is 1.78 bits per heavy atom. The lowest BCUT2D eigenvalue weighted by atomic mass is 10.0. The van der Waals surface area contributed by atoms with Crippen molar-refractivity contribution in [3.05, 3.63) is 71.4 Å². The van der Waals surface area contributed by atoms with E-state index in [9.17, 15) is 0 Å². The van der Waals surface area contributed by atoms with Crippen LogP contribution in [0.1, 0.15) is 16.7 Å². The molecule has 0 aromatic heterocycles. The number of fused-ring (bicyclic) bond motifs is 1. The van der Waals surface area contributed by atoms with Crippen LogP contribution in [0.2, 0.25) is 0 Å². The quantitative estimate of drug-likeness (QED) is 0.751. The maximum atomic E-state index is 8.79. The van der Waals surface area contributed by atoms with Crippen LogP contribution >= 0.6 is 0 Å². The zero-order chi connectivity index (χ0) is 12.4. The predicted octanol–water partition coefficient (Wildman–Crippen LogP) is 3.55. The average molecular weight is 232 g/mol. The summed E-state index contributed by atoms with van der Waals surface area (Å²) in [6.07, 6.45) is 4.21. The first-order valence-corrected chi connectivity index (χ1v) is 5.90. The molecule has 0 N–H and O–H groups in total. The standard InChI is InChI=1S/C16H12N2/c17-11-13-5-7-16(8-6-13)18-10-9-14-3-1-2-4-15(14)12-18/h1-10H,12H2. The second-order valence-corrected chi connectivity index (χ2v) is 4.30. The fraction of sp³-hybridized carbons (Fsp3) is 0.0625. The van der Waals surface area contributed by atoms with Gasteiger partial charge < -0.3 is 4.90 Å². The molecule has 2 aromatic rings. The first-order valence-electron chi connectivity index (χ1n) is 5.90. The van der Waals surface area contributed by atoms with Crippen molar-refractivity contribution in [3.63, 3.8) is 0 Å². The van der Waals surface area contributed by atoms with E-state index in [1.165, 1.54) is 11.1 Å². The molecule has 86 valence electrons. The van der Waals surface area contributed by atoms with Crippen LogP contribution in [-0.2, 0) is 6.54 Å². The van der Waals surface area contributed by atoms with E-state index < -0.39 is 0 Å². The van der Waals surface area contributed by atoms with Gasteiger partial charge in [-0.15, -0.1) is 0 Å². The second-order valence-electron chi connectivity index (χ2n) is 4.30. The van der Waals surface area contributed by atoms with Crippen molar-refractivity contribution in [2.45, 2.75) is 6.54 Å². The molecule has 1 heterocycles. The van der Waals surface area contributed by atoms with Crippen molar-refractivity contribution < 1.29 is 0 Å². The number of hydrogen-bond acceptors (Lipinski definition) is 2. The van der Waals surface area contributed by atoms with Crippen molar-refractivity contribution in [1.29, 1.82) is 5.26 Å². The second kappa shape index (κ2) is 4.38. The molecule has 0 radical (unpaired) electrons. The predicted molar refractivity (Wildman–Crippen MR) is 72.8 cm³/mol. The van der Waals surface area contributed by atoms with Crippen molar-refractivity contribution in [2.24, 2.45) is 0 Å². The number of hydrogen-bond donors (Lipinski definition) is 0. The Morgan fingerprint density at radius 3 is 2.56 bits per heavy atom. The highest BCUT2D eigenvalue weighted by atomic mass is 15.1.